The maximum absolute atomic E-state index is 13.7. The smallest absolute Gasteiger partial charge is 0.346 e. The first kappa shape index (κ1) is 18.9. The quantitative estimate of drug-likeness (QED) is 0.747. The van der Waals surface area contributed by atoms with Gasteiger partial charge in [-0.3, -0.25) is 0 Å². The second kappa shape index (κ2) is 8.09. The SMILES string of the molecule is CCC(NS(=O)(=O)c1ccccc1)C(Oc1ccccc1F)C(=O)O. The average Bonchev–Trinajstić information content (AvgIpc) is 2.60. The van der Waals surface area contributed by atoms with Crippen molar-refractivity contribution in [1.29, 1.82) is 0 Å². The van der Waals surface area contributed by atoms with Gasteiger partial charge in [-0.05, 0) is 30.7 Å². The molecular formula is C17H18FNO5S. The fourth-order valence-electron chi connectivity index (χ4n) is 2.21. The summed E-state index contributed by atoms with van der Waals surface area (Å²) in [4.78, 5) is 11.6. The van der Waals surface area contributed by atoms with Crippen molar-refractivity contribution >= 4 is 16.0 Å². The molecule has 0 aliphatic rings. The number of hydrogen-bond donors (Lipinski definition) is 2. The van der Waals surface area contributed by atoms with Gasteiger partial charge in [-0.2, -0.15) is 0 Å². The van der Waals surface area contributed by atoms with Crippen molar-refractivity contribution in [3.63, 3.8) is 0 Å². The van der Waals surface area contributed by atoms with Crippen molar-refractivity contribution in [2.75, 3.05) is 0 Å². The van der Waals surface area contributed by atoms with Gasteiger partial charge in [0.05, 0.1) is 10.9 Å². The Morgan fingerprint density at radius 2 is 1.76 bits per heavy atom. The van der Waals surface area contributed by atoms with Crippen LogP contribution in [0.5, 0.6) is 5.75 Å². The highest BCUT2D eigenvalue weighted by molar-refractivity contribution is 7.89. The van der Waals surface area contributed by atoms with Crippen molar-refractivity contribution in [1.82, 2.24) is 4.72 Å². The molecule has 2 rings (SSSR count). The van der Waals surface area contributed by atoms with Crippen LogP contribution < -0.4 is 9.46 Å². The fraction of sp³-hybridized carbons (Fsp3) is 0.235. The minimum atomic E-state index is -3.94. The minimum Gasteiger partial charge on any atom is -0.478 e. The molecule has 2 aromatic carbocycles. The molecule has 134 valence electrons. The standard InChI is InChI=1S/C17H18FNO5S/c1-2-14(19-25(22,23)12-8-4-3-5-9-12)16(17(20)21)24-15-11-7-6-10-13(15)18/h3-11,14,16,19H,2H2,1H3,(H,20,21). The molecule has 0 aliphatic heterocycles. The largest absolute Gasteiger partial charge is 0.478 e. The highest BCUT2D eigenvalue weighted by atomic mass is 32.2. The van der Waals surface area contributed by atoms with Gasteiger partial charge in [0.2, 0.25) is 16.1 Å². The van der Waals surface area contributed by atoms with Crippen LogP contribution in [0.15, 0.2) is 59.5 Å². The van der Waals surface area contributed by atoms with Crippen molar-refractivity contribution < 1.29 is 27.4 Å². The summed E-state index contributed by atoms with van der Waals surface area (Å²) >= 11 is 0. The summed E-state index contributed by atoms with van der Waals surface area (Å²) in [6.07, 6.45) is -1.45. The number of carboxylic acids is 1. The Labute approximate surface area is 145 Å². The number of aliphatic carboxylic acids is 1. The summed E-state index contributed by atoms with van der Waals surface area (Å²) in [5.41, 5.74) is 0. The molecule has 2 atom stereocenters. The molecule has 2 N–H and O–H groups in total. The molecule has 0 aliphatic carbocycles. The van der Waals surface area contributed by atoms with Crippen LogP contribution in [-0.2, 0) is 14.8 Å². The summed E-state index contributed by atoms with van der Waals surface area (Å²) in [6, 6.07) is 11.8. The number of carboxylic acid groups (broad SMARTS) is 1. The van der Waals surface area contributed by atoms with E-state index >= 15 is 0 Å². The monoisotopic (exact) mass is 367 g/mol. The molecule has 2 aromatic rings. The van der Waals surface area contributed by atoms with E-state index in [4.69, 9.17) is 4.74 Å². The average molecular weight is 367 g/mol. The summed E-state index contributed by atoms with van der Waals surface area (Å²) in [6.45, 7) is 1.61. The maximum atomic E-state index is 13.7. The lowest BCUT2D eigenvalue weighted by atomic mass is 10.1. The van der Waals surface area contributed by atoms with Gasteiger partial charge in [-0.1, -0.05) is 37.3 Å². The molecule has 0 spiro atoms. The normalized spacial score (nSPS) is 13.8. The molecule has 0 saturated carbocycles. The van der Waals surface area contributed by atoms with Gasteiger partial charge >= 0.3 is 5.97 Å². The van der Waals surface area contributed by atoms with Gasteiger partial charge < -0.3 is 9.84 Å². The lowest BCUT2D eigenvalue weighted by Gasteiger charge is -2.24. The van der Waals surface area contributed by atoms with Crippen LogP contribution in [0.4, 0.5) is 4.39 Å². The molecular weight excluding hydrogens is 349 g/mol. The molecule has 0 amide bonds. The van der Waals surface area contributed by atoms with Gasteiger partial charge in [-0.15, -0.1) is 0 Å². The van der Waals surface area contributed by atoms with Gasteiger partial charge in [0.1, 0.15) is 0 Å². The molecule has 0 saturated heterocycles. The second-order valence-corrected chi connectivity index (χ2v) is 6.97. The van der Waals surface area contributed by atoms with Crippen molar-refractivity contribution in [3.05, 3.63) is 60.4 Å². The van der Waals surface area contributed by atoms with Crippen LogP contribution in [0.1, 0.15) is 13.3 Å². The van der Waals surface area contributed by atoms with Gasteiger partial charge in [-0.25, -0.2) is 22.3 Å². The third-order valence-electron chi connectivity index (χ3n) is 3.50. The van der Waals surface area contributed by atoms with Crippen molar-refractivity contribution in [2.24, 2.45) is 0 Å². The van der Waals surface area contributed by atoms with Gasteiger partial charge in [0.25, 0.3) is 0 Å². The summed E-state index contributed by atoms with van der Waals surface area (Å²) in [5, 5.41) is 9.41. The number of sulfonamides is 1. The van der Waals surface area contributed by atoms with E-state index in [2.05, 4.69) is 4.72 Å². The number of halogens is 1. The second-order valence-electron chi connectivity index (χ2n) is 5.26. The van der Waals surface area contributed by atoms with E-state index in [1.165, 1.54) is 30.3 Å². The number of ether oxygens (including phenoxy) is 1. The Kier molecular flexibility index (Phi) is 6.11. The number of nitrogens with one attached hydrogen (secondary N) is 1. The van der Waals surface area contributed by atoms with E-state index in [1.54, 1.807) is 25.1 Å². The van der Waals surface area contributed by atoms with E-state index in [0.29, 0.717) is 0 Å². The van der Waals surface area contributed by atoms with E-state index in [0.717, 1.165) is 6.07 Å². The highest BCUT2D eigenvalue weighted by Gasteiger charge is 2.33. The van der Waals surface area contributed by atoms with E-state index in [1.807, 2.05) is 0 Å². The molecule has 8 heteroatoms. The number of rotatable bonds is 8. The van der Waals surface area contributed by atoms with Gasteiger partial charge in [0, 0.05) is 0 Å². The third-order valence-corrected chi connectivity index (χ3v) is 5.01. The predicted molar refractivity (Wildman–Crippen MR) is 89.3 cm³/mol. The zero-order valence-electron chi connectivity index (χ0n) is 13.4. The molecule has 0 heterocycles. The first-order chi connectivity index (χ1) is 11.8. The van der Waals surface area contributed by atoms with E-state index in [9.17, 15) is 22.7 Å². The van der Waals surface area contributed by atoms with Crippen LogP contribution in [0.25, 0.3) is 0 Å². The Balaban J connectivity index is 2.26. The number of hydrogen-bond acceptors (Lipinski definition) is 4. The number of para-hydroxylation sites is 1. The lowest BCUT2D eigenvalue weighted by Crippen LogP contribution is -2.49. The lowest BCUT2D eigenvalue weighted by molar-refractivity contribution is -0.146. The zero-order valence-corrected chi connectivity index (χ0v) is 14.2. The van der Waals surface area contributed by atoms with Crippen molar-refractivity contribution in [2.45, 2.75) is 30.4 Å². The predicted octanol–water partition coefficient (Wildman–Crippen LogP) is 2.41. The van der Waals surface area contributed by atoms with Crippen LogP contribution in [0.3, 0.4) is 0 Å². The first-order valence-electron chi connectivity index (χ1n) is 7.56. The topological polar surface area (TPSA) is 92.7 Å². The third kappa shape index (κ3) is 4.77. The summed E-state index contributed by atoms with van der Waals surface area (Å²) in [7, 11) is -3.94. The first-order valence-corrected chi connectivity index (χ1v) is 9.05. The molecule has 2 unspecified atom stereocenters. The number of carbonyl (C=O) groups is 1. The molecule has 0 aromatic heterocycles. The number of benzene rings is 2. The van der Waals surface area contributed by atoms with Crippen molar-refractivity contribution in [3.8, 4) is 5.75 Å². The Morgan fingerprint density at radius 3 is 2.32 bits per heavy atom. The highest BCUT2D eigenvalue weighted by Crippen LogP contribution is 2.20. The Hall–Kier alpha value is -2.45. The molecule has 0 radical (unpaired) electrons. The zero-order chi connectivity index (χ0) is 18.4. The minimum absolute atomic E-state index is 0.00322. The maximum Gasteiger partial charge on any atom is 0.346 e. The Bertz CT molecular complexity index is 826. The van der Waals surface area contributed by atoms with E-state index in [-0.39, 0.29) is 17.1 Å². The summed E-state index contributed by atoms with van der Waals surface area (Å²) in [5.74, 6) is -2.38. The van der Waals surface area contributed by atoms with Gasteiger partial charge in [0.15, 0.2) is 11.6 Å². The molecule has 0 fully saturated rings. The van der Waals surface area contributed by atoms with Crippen LogP contribution in [0.2, 0.25) is 0 Å². The van der Waals surface area contributed by atoms with Crippen LogP contribution >= 0.6 is 0 Å². The van der Waals surface area contributed by atoms with Crippen LogP contribution in [0, 0.1) is 5.82 Å². The van der Waals surface area contributed by atoms with Crippen LogP contribution in [-0.4, -0.2) is 31.6 Å². The Morgan fingerprint density at radius 1 is 1.16 bits per heavy atom. The molecule has 25 heavy (non-hydrogen) atoms. The summed E-state index contributed by atoms with van der Waals surface area (Å²) < 4.78 is 46.1. The molecule has 6 nitrogen and oxygen atoms in total. The fourth-order valence-corrected chi connectivity index (χ4v) is 3.55. The molecule has 0 bridgehead atoms. The van der Waals surface area contributed by atoms with E-state index < -0.39 is 34.0 Å².